The second-order valence-electron chi connectivity index (χ2n) is 15.2. The van der Waals surface area contributed by atoms with E-state index in [0.717, 1.165) is 49.6 Å². The van der Waals surface area contributed by atoms with Crippen molar-refractivity contribution in [2.24, 2.45) is 50.6 Å². The second kappa shape index (κ2) is 18.1. The minimum absolute atomic E-state index is 0. The van der Waals surface area contributed by atoms with Gasteiger partial charge in [0.2, 0.25) is 0 Å². The van der Waals surface area contributed by atoms with Gasteiger partial charge >= 0.3 is 0 Å². The fraction of sp³-hybridized carbons (Fsp3) is 0.825. The van der Waals surface area contributed by atoms with Crippen molar-refractivity contribution >= 4 is 5.71 Å². The van der Waals surface area contributed by atoms with Gasteiger partial charge in [0, 0.05) is 30.3 Å². The summed E-state index contributed by atoms with van der Waals surface area (Å²) in [5, 5.41) is 3.20. The number of hydrogen-bond acceptors (Lipinski definition) is 3. The van der Waals surface area contributed by atoms with Gasteiger partial charge in [-0.3, -0.25) is 4.99 Å². The maximum Gasteiger partial charge on any atom is 0.0389 e. The van der Waals surface area contributed by atoms with E-state index in [1.165, 1.54) is 76.3 Å². The highest BCUT2D eigenvalue weighted by molar-refractivity contribution is 5.85. The van der Waals surface area contributed by atoms with Crippen molar-refractivity contribution in [3.63, 3.8) is 0 Å². The zero-order valence-electron chi connectivity index (χ0n) is 29.4. The van der Waals surface area contributed by atoms with Crippen molar-refractivity contribution in [2.75, 3.05) is 13.6 Å². The van der Waals surface area contributed by atoms with Gasteiger partial charge in [-0.1, -0.05) is 86.1 Å². The van der Waals surface area contributed by atoms with E-state index >= 15 is 0 Å². The molecule has 3 nitrogen and oxygen atoms in total. The summed E-state index contributed by atoms with van der Waals surface area (Å²) >= 11 is 0. The second-order valence-corrected chi connectivity index (χ2v) is 15.2. The number of nitrogens with zero attached hydrogens (tertiary/aromatic N) is 1. The fourth-order valence-electron chi connectivity index (χ4n) is 9.32. The standard InChI is InChI=1S/C32H56N2.C5H11N.C2H4.CH4/c1-9-13-24-15-16-25-27-18-17-26(23(4)34-22-12-14-29(33)30(5,6)11-3)32(27,8)21-19-28(25)31(24,7)20-10-2;1-6-5-3-2-4-5;1-2;/h9,13,25-29H,1,10-12,14-22,33H2,2-8H3;5-6H,2-4H2,1H3;1-2H2;1H4/b24-13-,34-23?;;;. The van der Waals surface area contributed by atoms with E-state index in [-0.39, 0.29) is 18.9 Å². The Bertz CT molecular complexity index is 879. The molecule has 0 aromatic heterocycles. The van der Waals surface area contributed by atoms with Crippen molar-refractivity contribution in [1.82, 2.24) is 5.32 Å². The van der Waals surface area contributed by atoms with Crippen LogP contribution in [0.1, 0.15) is 146 Å². The molecule has 0 aromatic carbocycles. The summed E-state index contributed by atoms with van der Waals surface area (Å²) in [6.07, 6.45) is 22.8. The number of aliphatic imine (C=N–C) groups is 1. The van der Waals surface area contributed by atoms with Crippen molar-refractivity contribution < 1.29 is 0 Å². The first-order chi connectivity index (χ1) is 20.0. The van der Waals surface area contributed by atoms with Crippen molar-refractivity contribution in [3.05, 3.63) is 37.5 Å². The van der Waals surface area contributed by atoms with E-state index in [1.54, 1.807) is 5.57 Å². The molecule has 7 atom stereocenters. The normalized spacial score (nSPS) is 33.8. The number of rotatable bonds is 11. The predicted molar refractivity (Wildman–Crippen MR) is 195 cm³/mol. The van der Waals surface area contributed by atoms with Gasteiger partial charge in [-0.2, -0.15) is 0 Å². The molecule has 0 heterocycles. The van der Waals surface area contributed by atoms with Crippen LogP contribution in [-0.2, 0) is 0 Å². The molecule has 7 unspecified atom stereocenters. The van der Waals surface area contributed by atoms with Crippen LogP contribution >= 0.6 is 0 Å². The fourth-order valence-corrected chi connectivity index (χ4v) is 9.32. The SMILES string of the molecule is C.C=C.C=C/C=C1/CCC2C(CCC3(C)C(C(C)=NCCCC(N)C(C)(C)CC)CCC23)C1(C)CCC.CNC1CCC1. The minimum Gasteiger partial charge on any atom is -0.327 e. The maximum atomic E-state index is 6.49. The van der Waals surface area contributed by atoms with Gasteiger partial charge in [0.05, 0.1) is 0 Å². The average molecular weight is 598 g/mol. The Labute approximate surface area is 270 Å². The molecule has 4 aliphatic carbocycles. The number of allylic oxidation sites excluding steroid dienone is 3. The topological polar surface area (TPSA) is 50.4 Å². The largest absolute Gasteiger partial charge is 0.327 e. The molecule has 3 N–H and O–H groups in total. The molecule has 4 saturated carbocycles. The van der Waals surface area contributed by atoms with Crippen LogP contribution in [0.3, 0.4) is 0 Å². The highest BCUT2D eigenvalue weighted by Gasteiger charge is 2.58. The molecule has 43 heavy (non-hydrogen) atoms. The maximum absolute atomic E-state index is 6.49. The lowest BCUT2D eigenvalue weighted by molar-refractivity contribution is -0.0408. The van der Waals surface area contributed by atoms with E-state index in [4.69, 9.17) is 10.7 Å². The molecule has 3 heteroatoms. The molecule has 0 aromatic rings. The Balaban J connectivity index is 0.000000900. The molecule has 0 saturated heterocycles. The highest BCUT2D eigenvalue weighted by atomic mass is 14.9. The van der Waals surface area contributed by atoms with Gasteiger partial charge < -0.3 is 11.1 Å². The summed E-state index contributed by atoms with van der Waals surface area (Å²) < 4.78 is 0. The number of hydrogen-bond donors (Lipinski definition) is 2. The molecule has 4 rings (SSSR count). The molecular formula is C40H75N3. The zero-order chi connectivity index (χ0) is 31.6. The zero-order valence-corrected chi connectivity index (χ0v) is 29.4. The predicted octanol–water partition coefficient (Wildman–Crippen LogP) is 11.0. The van der Waals surface area contributed by atoms with E-state index < -0.39 is 0 Å². The molecule has 0 radical (unpaired) electrons. The van der Waals surface area contributed by atoms with E-state index in [1.807, 2.05) is 13.1 Å². The first-order valence-corrected chi connectivity index (χ1v) is 17.7. The van der Waals surface area contributed by atoms with Gasteiger partial charge in [-0.25, -0.2) is 0 Å². The highest BCUT2D eigenvalue weighted by Crippen LogP contribution is 2.66. The summed E-state index contributed by atoms with van der Waals surface area (Å²) in [5.41, 5.74) is 10.7. The third kappa shape index (κ3) is 9.18. The van der Waals surface area contributed by atoms with Gasteiger partial charge in [0.1, 0.15) is 0 Å². The number of fused-ring (bicyclic) bond motifs is 3. The van der Waals surface area contributed by atoms with Gasteiger partial charge in [0.25, 0.3) is 0 Å². The van der Waals surface area contributed by atoms with Crippen LogP contribution in [0.25, 0.3) is 0 Å². The van der Waals surface area contributed by atoms with Crippen molar-refractivity contribution in [3.8, 4) is 0 Å². The van der Waals surface area contributed by atoms with E-state index in [9.17, 15) is 0 Å². The molecule has 0 amide bonds. The Morgan fingerprint density at radius 2 is 1.77 bits per heavy atom. The smallest absolute Gasteiger partial charge is 0.0389 e. The first-order valence-electron chi connectivity index (χ1n) is 17.7. The Hall–Kier alpha value is -1.19. The Kier molecular flexibility index (Phi) is 16.7. The van der Waals surface area contributed by atoms with Crippen molar-refractivity contribution in [1.29, 1.82) is 0 Å². The molecular weight excluding hydrogens is 522 g/mol. The Morgan fingerprint density at radius 1 is 1.09 bits per heavy atom. The summed E-state index contributed by atoms with van der Waals surface area (Å²) in [5.74, 6) is 3.30. The lowest BCUT2D eigenvalue weighted by Crippen LogP contribution is -2.50. The molecule has 0 spiro atoms. The van der Waals surface area contributed by atoms with Gasteiger partial charge in [-0.05, 0) is 125 Å². The third-order valence-corrected chi connectivity index (χ3v) is 12.8. The van der Waals surface area contributed by atoms with Crippen LogP contribution in [0.2, 0.25) is 0 Å². The van der Waals surface area contributed by atoms with Gasteiger partial charge in [0.15, 0.2) is 0 Å². The lowest BCUT2D eigenvalue weighted by Gasteiger charge is -2.57. The average Bonchev–Trinajstić information content (AvgIpc) is 3.31. The van der Waals surface area contributed by atoms with Gasteiger partial charge in [-0.15, -0.1) is 13.2 Å². The first kappa shape index (κ1) is 39.8. The van der Waals surface area contributed by atoms with E-state index in [0.29, 0.717) is 16.7 Å². The molecule has 0 bridgehead atoms. The van der Waals surface area contributed by atoms with E-state index in [2.05, 4.69) is 79.6 Å². The summed E-state index contributed by atoms with van der Waals surface area (Å²) in [4.78, 5) is 5.16. The van der Waals surface area contributed by atoms with Crippen LogP contribution in [0.4, 0.5) is 0 Å². The summed E-state index contributed by atoms with van der Waals surface area (Å²) in [6, 6.07) is 1.14. The Morgan fingerprint density at radius 3 is 2.28 bits per heavy atom. The van der Waals surface area contributed by atoms with Crippen LogP contribution in [0.15, 0.2) is 42.5 Å². The molecule has 250 valence electrons. The van der Waals surface area contributed by atoms with Crippen LogP contribution in [0.5, 0.6) is 0 Å². The number of nitrogens with two attached hydrogens (primary N) is 1. The molecule has 4 fully saturated rings. The number of nitrogens with one attached hydrogen (secondary N) is 1. The molecule has 4 aliphatic rings. The quantitative estimate of drug-likeness (QED) is 0.141. The molecule has 0 aliphatic heterocycles. The minimum atomic E-state index is 0. The summed E-state index contributed by atoms with van der Waals surface area (Å²) in [7, 11) is 2.03. The lowest BCUT2D eigenvalue weighted by atomic mass is 9.47. The monoisotopic (exact) mass is 598 g/mol. The van der Waals surface area contributed by atoms with Crippen LogP contribution < -0.4 is 11.1 Å². The van der Waals surface area contributed by atoms with Crippen molar-refractivity contribution in [2.45, 2.75) is 158 Å². The van der Waals surface area contributed by atoms with Crippen LogP contribution in [-0.4, -0.2) is 31.4 Å². The third-order valence-electron chi connectivity index (χ3n) is 12.8. The van der Waals surface area contributed by atoms with Crippen LogP contribution in [0, 0.1) is 39.9 Å². The summed E-state index contributed by atoms with van der Waals surface area (Å²) in [6.45, 7) is 27.8.